The van der Waals surface area contributed by atoms with Gasteiger partial charge in [-0.25, -0.2) is 0 Å². The fraction of sp³-hybridized carbons (Fsp3) is 0. The minimum Gasteiger partial charge on any atom is -0.142 e. The van der Waals surface area contributed by atoms with Gasteiger partial charge in [0.05, 0.1) is 4.24 Å². The summed E-state index contributed by atoms with van der Waals surface area (Å²) in [4.78, 5) is 0.956. The average Bonchev–Trinajstić information content (AvgIpc) is 1.77. The van der Waals surface area contributed by atoms with Crippen LogP contribution in [-0.4, -0.2) is 0 Å². The fourth-order valence-corrected chi connectivity index (χ4v) is 2.61. The lowest BCUT2D eigenvalue weighted by Crippen LogP contribution is -1.69. The van der Waals surface area contributed by atoms with Crippen molar-refractivity contribution >= 4 is 46.8 Å². The molecule has 44 valence electrons. The van der Waals surface area contributed by atoms with Gasteiger partial charge in [0.15, 0.2) is 0 Å². The lowest BCUT2D eigenvalue weighted by Gasteiger charge is -2.02. The predicted molar refractivity (Wildman–Crippen MR) is 49.3 cm³/mol. The van der Waals surface area contributed by atoms with Gasteiger partial charge in [-0.1, -0.05) is 10.8 Å². The van der Waals surface area contributed by atoms with Crippen LogP contribution in [-0.2, 0) is 0 Å². The smallest absolute Gasteiger partial charge is 0.0617 e. The van der Waals surface area contributed by atoms with Crippen LogP contribution < -0.4 is 0 Å². The molecule has 0 bridgehead atoms. The zero-order valence-electron chi connectivity index (χ0n) is 3.87. The van der Waals surface area contributed by atoms with Crippen LogP contribution in [0.5, 0.6) is 0 Å². The lowest BCUT2D eigenvalue weighted by atomic mass is 10.6. The largest absolute Gasteiger partial charge is 0.142 e. The molecule has 8 heavy (non-hydrogen) atoms. The Morgan fingerprint density at radius 1 is 1.38 bits per heavy atom. The normalized spacial score (nSPS) is 19.8. The molecule has 0 fully saturated rings. The third-order valence-corrected chi connectivity index (χ3v) is 4.06. The summed E-state index contributed by atoms with van der Waals surface area (Å²) in [5.41, 5.74) is 0. The predicted octanol–water partition coefficient (Wildman–Crippen LogP) is 2.92. The molecule has 1 heterocycles. The van der Waals surface area contributed by atoms with Gasteiger partial charge in [0.2, 0.25) is 0 Å². The van der Waals surface area contributed by atoms with Crippen molar-refractivity contribution in [2.75, 3.05) is 0 Å². The Kier molecular flexibility index (Phi) is 2.75. The third-order valence-electron chi connectivity index (χ3n) is 0.628. The van der Waals surface area contributed by atoms with E-state index in [1.165, 1.54) is 0 Å². The molecule has 1 rings (SSSR count). The van der Waals surface area contributed by atoms with Crippen molar-refractivity contribution in [1.82, 2.24) is 0 Å². The van der Waals surface area contributed by atoms with E-state index in [4.69, 9.17) is 0 Å². The van der Waals surface area contributed by atoms with Crippen LogP contribution in [0.25, 0.3) is 0 Å². The molecule has 0 spiro atoms. The van der Waals surface area contributed by atoms with Gasteiger partial charge in [-0.2, -0.15) is 0 Å². The van der Waals surface area contributed by atoms with E-state index in [1.54, 1.807) is 21.6 Å². The number of thiol groups is 2. The third kappa shape index (κ3) is 1.69. The molecule has 0 aromatic rings. The molecule has 0 aromatic carbocycles. The zero-order valence-corrected chi connectivity index (χ0v) is 7.29. The second kappa shape index (κ2) is 3.15. The molecule has 0 radical (unpaired) electrons. The van der Waals surface area contributed by atoms with Gasteiger partial charge in [0.25, 0.3) is 0 Å². The molecule has 0 amide bonds. The molecule has 0 aromatic heterocycles. The van der Waals surface area contributed by atoms with Gasteiger partial charge in [-0.15, -0.1) is 25.3 Å². The molecule has 0 nitrogen and oxygen atoms in total. The fourth-order valence-electron chi connectivity index (χ4n) is 0.280. The standard InChI is InChI=1S/C4H4S4/c5-3-1-2-7-8-4(3)6/h1-2,5-6H. The maximum Gasteiger partial charge on any atom is 0.0617 e. The van der Waals surface area contributed by atoms with Crippen LogP contribution in [0.1, 0.15) is 0 Å². The van der Waals surface area contributed by atoms with Crippen LogP contribution in [0, 0.1) is 0 Å². The lowest BCUT2D eigenvalue weighted by molar-refractivity contribution is 2.00. The van der Waals surface area contributed by atoms with Crippen LogP contribution in [0.4, 0.5) is 0 Å². The van der Waals surface area contributed by atoms with Gasteiger partial charge in [0, 0.05) is 4.91 Å². The summed E-state index contributed by atoms with van der Waals surface area (Å²) in [7, 11) is 3.28. The first kappa shape index (κ1) is 6.99. The molecule has 0 saturated heterocycles. The SMILES string of the molecule is SC1=C(S)SSC=C1. The molecule has 0 aliphatic carbocycles. The van der Waals surface area contributed by atoms with Crippen LogP contribution in [0.15, 0.2) is 20.6 Å². The van der Waals surface area contributed by atoms with E-state index in [-0.39, 0.29) is 0 Å². The Hall–Kier alpha value is 0.880. The molecular weight excluding hydrogens is 176 g/mol. The van der Waals surface area contributed by atoms with Crippen molar-refractivity contribution in [1.29, 1.82) is 0 Å². The van der Waals surface area contributed by atoms with Crippen molar-refractivity contribution in [2.24, 2.45) is 0 Å². The maximum absolute atomic E-state index is 4.15. The highest BCUT2D eigenvalue weighted by Crippen LogP contribution is 2.40. The highest BCUT2D eigenvalue weighted by molar-refractivity contribution is 8.80. The van der Waals surface area contributed by atoms with Gasteiger partial charge >= 0.3 is 0 Å². The Morgan fingerprint density at radius 3 is 2.50 bits per heavy atom. The van der Waals surface area contributed by atoms with Gasteiger partial charge in [-0.3, -0.25) is 0 Å². The van der Waals surface area contributed by atoms with E-state index in [9.17, 15) is 0 Å². The number of allylic oxidation sites excluding steroid dienone is 1. The van der Waals surface area contributed by atoms with E-state index in [1.807, 2.05) is 11.5 Å². The summed E-state index contributed by atoms with van der Waals surface area (Å²) < 4.78 is 0.987. The maximum atomic E-state index is 4.15. The zero-order chi connectivity index (χ0) is 5.98. The van der Waals surface area contributed by atoms with E-state index >= 15 is 0 Å². The Morgan fingerprint density at radius 2 is 2.12 bits per heavy atom. The van der Waals surface area contributed by atoms with Gasteiger partial charge < -0.3 is 0 Å². The average molecular weight is 180 g/mol. The molecular formula is C4H4S4. The second-order valence-electron chi connectivity index (χ2n) is 1.17. The summed E-state index contributed by atoms with van der Waals surface area (Å²) in [5.74, 6) is 0. The molecule has 4 heteroatoms. The molecule has 1 aliphatic heterocycles. The van der Waals surface area contributed by atoms with Crippen LogP contribution >= 0.6 is 46.8 Å². The quantitative estimate of drug-likeness (QED) is 0.434. The summed E-state index contributed by atoms with van der Waals surface area (Å²) in [6.07, 6.45) is 1.94. The van der Waals surface area contributed by atoms with E-state index in [0.717, 1.165) is 9.14 Å². The summed E-state index contributed by atoms with van der Waals surface area (Å²) in [5, 5.41) is 1.99. The number of hydrogen-bond donors (Lipinski definition) is 2. The highest BCUT2D eigenvalue weighted by Gasteiger charge is 1.99. The molecule has 1 aliphatic rings. The van der Waals surface area contributed by atoms with Crippen molar-refractivity contribution < 1.29 is 0 Å². The Bertz CT molecular complexity index is 146. The molecule has 0 saturated carbocycles. The first-order valence-electron chi connectivity index (χ1n) is 1.93. The Labute approximate surface area is 67.4 Å². The topological polar surface area (TPSA) is 0 Å². The second-order valence-corrected chi connectivity index (χ2v) is 4.52. The highest BCUT2D eigenvalue weighted by atomic mass is 33.1. The van der Waals surface area contributed by atoms with E-state index in [0.29, 0.717) is 0 Å². The first-order chi connectivity index (χ1) is 3.80. The number of hydrogen-bond acceptors (Lipinski definition) is 4. The van der Waals surface area contributed by atoms with Gasteiger partial charge in [-0.05, 0) is 22.3 Å². The monoisotopic (exact) mass is 180 g/mol. The van der Waals surface area contributed by atoms with Crippen molar-refractivity contribution in [3.05, 3.63) is 20.6 Å². The minimum atomic E-state index is 0.956. The van der Waals surface area contributed by atoms with E-state index in [2.05, 4.69) is 25.3 Å². The molecule has 0 N–H and O–H groups in total. The molecule has 0 atom stereocenters. The summed E-state index contributed by atoms with van der Waals surface area (Å²) in [6, 6.07) is 0. The number of rotatable bonds is 0. The van der Waals surface area contributed by atoms with Crippen molar-refractivity contribution in [3.8, 4) is 0 Å². The van der Waals surface area contributed by atoms with Gasteiger partial charge in [0.1, 0.15) is 0 Å². The first-order valence-corrected chi connectivity index (χ1v) is 5.03. The van der Waals surface area contributed by atoms with E-state index < -0.39 is 0 Å². The van der Waals surface area contributed by atoms with Crippen molar-refractivity contribution in [3.63, 3.8) is 0 Å². The molecule has 0 unspecified atom stereocenters. The summed E-state index contributed by atoms with van der Waals surface area (Å²) in [6.45, 7) is 0. The van der Waals surface area contributed by atoms with Crippen LogP contribution in [0.2, 0.25) is 0 Å². The van der Waals surface area contributed by atoms with Crippen molar-refractivity contribution in [2.45, 2.75) is 0 Å². The van der Waals surface area contributed by atoms with Crippen LogP contribution in [0.3, 0.4) is 0 Å². The summed E-state index contributed by atoms with van der Waals surface area (Å²) >= 11 is 8.29. The Balaban J connectivity index is 2.76. The minimum absolute atomic E-state index is 0.956.